The summed E-state index contributed by atoms with van der Waals surface area (Å²) in [5, 5.41) is 12.3. The first kappa shape index (κ1) is 16.4. The summed E-state index contributed by atoms with van der Waals surface area (Å²) in [5.74, 6) is -0.370. The molecule has 0 heterocycles. The van der Waals surface area contributed by atoms with Crippen molar-refractivity contribution in [2.24, 2.45) is 0 Å². The third-order valence-corrected chi connectivity index (χ3v) is 4.20. The number of aliphatic hydroxyl groups is 1. The predicted octanol–water partition coefficient (Wildman–Crippen LogP) is 1.91. The molecule has 0 aliphatic rings. The summed E-state index contributed by atoms with van der Waals surface area (Å²) in [5.41, 5.74) is 0.743. The smallest absolute Gasteiger partial charge is 0.233 e. The number of amides is 1. The van der Waals surface area contributed by atoms with Gasteiger partial charge in [-0.25, -0.2) is 0 Å². The van der Waals surface area contributed by atoms with Gasteiger partial charge in [0.2, 0.25) is 5.91 Å². The normalized spacial score (nSPS) is 13.9. The van der Waals surface area contributed by atoms with Gasteiger partial charge in [0.15, 0.2) is 0 Å². The lowest BCUT2D eigenvalue weighted by Gasteiger charge is -2.15. The lowest BCUT2D eigenvalue weighted by Crippen LogP contribution is -2.31. The molecular weight excluding hydrogens is 309 g/mol. The first-order chi connectivity index (χ1) is 8.93. The van der Waals surface area contributed by atoms with Crippen molar-refractivity contribution in [1.29, 1.82) is 0 Å². The van der Waals surface area contributed by atoms with E-state index in [2.05, 4.69) is 5.32 Å². The van der Waals surface area contributed by atoms with E-state index < -0.39 is 10.8 Å². The van der Waals surface area contributed by atoms with Gasteiger partial charge in [0.1, 0.15) is 5.75 Å². The van der Waals surface area contributed by atoms with Crippen molar-refractivity contribution in [3.8, 4) is 0 Å². The largest absolute Gasteiger partial charge is 0.395 e. The molecule has 2 unspecified atom stereocenters. The van der Waals surface area contributed by atoms with Crippen LogP contribution < -0.4 is 5.32 Å². The maximum atomic E-state index is 11.6. The first-order valence-electron chi connectivity index (χ1n) is 5.64. The number of carbonyl (C=O) groups excluding carboxylic acids is 1. The molecule has 0 aliphatic carbocycles. The Morgan fingerprint density at radius 3 is 2.74 bits per heavy atom. The molecule has 0 radical (unpaired) electrons. The molecule has 1 amide bonds. The maximum Gasteiger partial charge on any atom is 0.233 e. The second-order valence-corrected chi connectivity index (χ2v) is 6.39. The number of carbonyl (C=O) groups is 1. The van der Waals surface area contributed by atoms with Crippen molar-refractivity contribution >= 4 is 39.9 Å². The average Bonchev–Trinajstić information content (AvgIpc) is 2.28. The van der Waals surface area contributed by atoms with Crippen molar-refractivity contribution in [3.05, 3.63) is 33.8 Å². The third-order valence-electron chi connectivity index (χ3n) is 2.42. The van der Waals surface area contributed by atoms with Crippen molar-refractivity contribution < 1.29 is 14.1 Å². The maximum absolute atomic E-state index is 11.6. The molecule has 0 aromatic heterocycles. The van der Waals surface area contributed by atoms with Crippen LogP contribution in [-0.4, -0.2) is 33.3 Å². The second-order valence-electron chi connectivity index (χ2n) is 3.97. The van der Waals surface area contributed by atoms with Crippen LogP contribution in [0.3, 0.4) is 0 Å². The fourth-order valence-corrected chi connectivity index (χ4v) is 2.83. The number of hydrogen-bond donors (Lipinski definition) is 2. The Bertz CT molecular complexity index is 482. The fourth-order valence-electron chi connectivity index (χ4n) is 1.53. The van der Waals surface area contributed by atoms with Crippen LogP contribution in [0.4, 0.5) is 0 Å². The molecule has 0 saturated heterocycles. The quantitative estimate of drug-likeness (QED) is 0.840. The van der Waals surface area contributed by atoms with E-state index in [0.29, 0.717) is 10.0 Å². The minimum absolute atomic E-state index is 0.101. The molecule has 0 bridgehead atoms. The van der Waals surface area contributed by atoms with Gasteiger partial charge in [0.25, 0.3) is 0 Å². The summed E-state index contributed by atoms with van der Waals surface area (Å²) in [4.78, 5) is 11.6. The van der Waals surface area contributed by atoms with Gasteiger partial charge in [0.05, 0.1) is 12.6 Å². The molecule has 7 heteroatoms. The number of nitrogens with one attached hydrogen (secondary N) is 1. The summed E-state index contributed by atoms with van der Waals surface area (Å²) in [7, 11) is -1.35. The number of aliphatic hydroxyl groups excluding tert-OH is 1. The van der Waals surface area contributed by atoms with Crippen LogP contribution in [0.2, 0.25) is 10.0 Å². The van der Waals surface area contributed by atoms with E-state index in [1.54, 1.807) is 25.1 Å². The molecule has 0 fully saturated rings. The highest BCUT2D eigenvalue weighted by Crippen LogP contribution is 2.25. The lowest BCUT2D eigenvalue weighted by molar-refractivity contribution is -0.119. The van der Waals surface area contributed by atoms with Crippen LogP contribution >= 0.6 is 23.2 Å². The Kier molecular flexibility index (Phi) is 6.79. The number of rotatable bonds is 6. The van der Waals surface area contributed by atoms with Crippen LogP contribution in [0.15, 0.2) is 18.2 Å². The summed E-state index contributed by atoms with van der Waals surface area (Å²) in [6.45, 7) is 1.58. The Hall–Kier alpha value is -0.620. The Labute approximate surface area is 124 Å². The zero-order chi connectivity index (χ0) is 14.4. The lowest BCUT2D eigenvalue weighted by atomic mass is 10.1. The van der Waals surface area contributed by atoms with E-state index >= 15 is 0 Å². The van der Waals surface area contributed by atoms with Gasteiger partial charge in [0, 0.05) is 26.6 Å². The van der Waals surface area contributed by atoms with Gasteiger partial charge in [-0.05, 0) is 24.6 Å². The first-order valence-corrected chi connectivity index (χ1v) is 7.88. The second kappa shape index (κ2) is 7.85. The Morgan fingerprint density at radius 1 is 1.47 bits per heavy atom. The molecule has 4 nitrogen and oxygen atoms in total. The minimum Gasteiger partial charge on any atom is -0.395 e. The minimum atomic E-state index is -1.35. The standard InChI is InChI=1S/C12H15Cl2NO3S/c1-8(10-3-2-9(13)6-11(10)14)15-12(17)7-19(18)5-4-16/h2-3,6,8,16H,4-5,7H2,1H3,(H,15,17). The molecule has 2 N–H and O–H groups in total. The van der Waals surface area contributed by atoms with E-state index in [1.807, 2.05) is 0 Å². The van der Waals surface area contributed by atoms with E-state index in [-0.39, 0.29) is 30.1 Å². The molecule has 106 valence electrons. The van der Waals surface area contributed by atoms with Crippen molar-refractivity contribution in [1.82, 2.24) is 5.32 Å². The highest BCUT2D eigenvalue weighted by molar-refractivity contribution is 7.85. The third kappa shape index (κ3) is 5.48. The average molecular weight is 324 g/mol. The molecular formula is C12H15Cl2NO3S. The Balaban J connectivity index is 2.61. The van der Waals surface area contributed by atoms with Gasteiger partial charge < -0.3 is 10.4 Å². The molecule has 0 aliphatic heterocycles. The topological polar surface area (TPSA) is 66.4 Å². The molecule has 2 atom stereocenters. The molecule has 19 heavy (non-hydrogen) atoms. The van der Waals surface area contributed by atoms with Crippen molar-refractivity contribution in [3.63, 3.8) is 0 Å². The highest BCUT2D eigenvalue weighted by atomic mass is 35.5. The zero-order valence-electron chi connectivity index (χ0n) is 10.4. The highest BCUT2D eigenvalue weighted by Gasteiger charge is 2.14. The number of halogens is 2. The summed E-state index contributed by atoms with van der Waals surface area (Å²) in [6.07, 6.45) is 0. The van der Waals surface area contributed by atoms with Crippen molar-refractivity contribution in [2.75, 3.05) is 18.1 Å². The predicted molar refractivity (Wildman–Crippen MR) is 78.0 cm³/mol. The van der Waals surface area contributed by atoms with E-state index in [0.717, 1.165) is 5.56 Å². The molecule has 0 spiro atoms. The number of benzene rings is 1. The summed E-state index contributed by atoms with van der Waals surface area (Å²) < 4.78 is 11.3. The van der Waals surface area contributed by atoms with E-state index in [9.17, 15) is 9.00 Å². The van der Waals surface area contributed by atoms with E-state index in [1.165, 1.54) is 0 Å². The van der Waals surface area contributed by atoms with Gasteiger partial charge in [-0.1, -0.05) is 29.3 Å². The SMILES string of the molecule is CC(NC(=O)CS(=O)CCO)c1ccc(Cl)cc1Cl. The van der Waals surface area contributed by atoms with Crippen LogP contribution in [0, 0.1) is 0 Å². The van der Waals surface area contributed by atoms with Gasteiger partial charge >= 0.3 is 0 Å². The monoisotopic (exact) mass is 323 g/mol. The molecule has 1 aromatic carbocycles. The van der Waals surface area contributed by atoms with Crippen LogP contribution in [0.5, 0.6) is 0 Å². The summed E-state index contributed by atoms with van der Waals surface area (Å²) >= 11 is 11.8. The van der Waals surface area contributed by atoms with Crippen LogP contribution in [0.1, 0.15) is 18.5 Å². The van der Waals surface area contributed by atoms with E-state index in [4.69, 9.17) is 28.3 Å². The zero-order valence-corrected chi connectivity index (χ0v) is 12.7. The van der Waals surface area contributed by atoms with Crippen LogP contribution in [0.25, 0.3) is 0 Å². The van der Waals surface area contributed by atoms with Gasteiger partial charge in [-0.15, -0.1) is 0 Å². The van der Waals surface area contributed by atoms with Gasteiger partial charge in [-0.3, -0.25) is 9.00 Å². The summed E-state index contributed by atoms with van der Waals surface area (Å²) in [6, 6.07) is 4.73. The molecule has 0 saturated carbocycles. The van der Waals surface area contributed by atoms with Crippen molar-refractivity contribution in [2.45, 2.75) is 13.0 Å². The molecule has 1 rings (SSSR count). The number of hydrogen-bond acceptors (Lipinski definition) is 3. The van der Waals surface area contributed by atoms with Gasteiger partial charge in [-0.2, -0.15) is 0 Å². The van der Waals surface area contributed by atoms with Crippen LogP contribution in [-0.2, 0) is 15.6 Å². The fraction of sp³-hybridized carbons (Fsp3) is 0.417. The molecule has 1 aromatic rings. The Morgan fingerprint density at radius 2 is 2.16 bits per heavy atom.